The molecule has 0 saturated carbocycles. The van der Waals surface area contributed by atoms with Crippen LogP contribution in [0.15, 0.2) is 11.6 Å². The number of nitrogens with two attached hydrogens (primary N) is 1. The number of hydrogen-bond acceptors (Lipinski definition) is 1. The molecule has 0 aliphatic carbocycles. The van der Waals surface area contributed by atoms with Gasteiger partial charge in [0.05, 0.1) is 0 Å². The Balaban J connectivity index is 4.35. The fourth-order valence-electron chi connectivity index (χ4n) is 0.430. The zero-order valence-corrected chi connectivity index (χ0v) is 7.06. The smallest absolute Gasteiger partial charge is 0.241 e. The van der Waals surface area contributed by atoms with Crippen LogP contribution >= 0.6 is 0 Å². The van der Waals surface area contributed by atoms with Gasteiger partial charge in [0.2, 0.25) is 5.91 Å². The lowest BCUT2D eigenvalue weighted by Crippen LogP contribution is -2.13. The van der Waals surface area contributed by atoms with Gasteiger partial charge in [0.1, 0.15) is 0 Å². The highest BCUT2D eigenvalue weighted by atomic mass is 16.1. The van der Waals surface area contributed by atoms with Crippen molar-refractivity contribution in [3.8, 4) is 0 Å². The van der Waals surface area contributed by atoms with E-state index in [-0.39, 0.29) is 11.3 Å². The summed E-state index contributed by atoms with van der Waals surface area (Å²) >= 11 is 0. The molecule has 0 bridgehead atoms. The maximum absolute atomic E-state index is 10.4. The summed E-state index contributed by atoms with van der Waals surface area (Å²) in [5.74, 6) is -0.368. The van der Waals surface area contributed by atoms with Crippen LogP contribution in [0.3, 0.4) is 0 Å². The molecule has 0 radical (unpaired) electrons. The van der Waals surface area contributed by atoms with Crippen LogP contribution in [-0.4, -0.2) is 5.91 Å². The SMILES string of the molecule is CC(=CC(N)=O)C(C)(C)C. The quantitative estimate of drug-likeness (QED) is 0.552. The first-order chi connectivity index (χ1) is 4.34. The molecule has 0 heterocycles. The maximum Gasteiger partial charge on any atom is 0.241 e. The van der Waals surface area contributed by atoms with Crippen molar-refractivity contribution in [1.29, 1.82) is 0 Å². The Bertz CT molecular complexity index is 163. The fourth-order valence-corrected chi connectivity index (χ4v) is 0.430. The zero-order chi connectivity index (χ0) is 8.36. The van der Waals surface area contributed by atoms with E-state index in [9.17, 15) is 4.79 Å². The van der Waals surface area contributed by atoms with Crippen LogP contribution in [0, 0.1) is 5.41 Å². The van der Waals surface area contributed by atoms with Crippen LogP contribution in [-0.2, 0) is 4.79 Å². The average molecular weight is 141 g/mol. The molecule has 0 aliphatic heterocycles. The molecular formula is C8H15NO. The number of carbonyl (C=O) groups is 1. The van der Waals surface area contributed by atoms with Gasteiger partial charge in [-0.2, -0.15) is 0 Å². The fraction of sp³-hybridized carbons (Fsp3) is 0.625. The summed E-state index contributed by atoms with van der Waals surface area (Å²) in [7, 11) is 0. The largest absolute Gasteiger partial charge is 0.366 e. The van der Waals surface area contributed by atoms with E-state index >= 15 is 0 Å². The molecule has 0 atom stereocenters. The van der Waals surface area contributed by atoms with E-state index in [1.165, 1.54) is 6.08 Å². The first-order valence-electron chi connectivity index (χ1n) is 3.32. The third kappa shape index (κ3) is 3.28. The van der Waals surface area contributed by atoms with Crippen molar-refractivity contribution in [3.63, 3.8) is 0 Å². The van der Waals surface area contributed by atoms with Gasteiger partial charge in [0.25, 0.3) is 0 Å². The predicted octanol–water partition coefficient (Wildman–Crippen LogP) is 1.46. The van der Waals surface area contributed by atoms with Crippen LogP contribution in [0.5, 0.6) is 0 Å². The zero-order valence-electron chi connectivity index (χ0n) is 7.06. The highest BCUT2D eigenvalue weighted by molar-refractivity contribution is 5.86. The number of hydrogen-bond donors (Lipinski definition) is 1. The molecule has 10 heavy (non-hydrogen) atoms. The Morgan fingerprint density at radius 3 is 1.90 bits per heavy atom. The number of amides is 1. The van der Waals surface area contributed by atoms with E-state index in [1.807, 2.05) is 27.7 Å². The van der Waals surface area contributed by atoms with Crippen molar-refractivity contribution in [3.05, 3.63) is 11.6 Å². The van der Waals surface area contributed by atoms with Gasteiger partial charge in [-0.25, -0.2) is 0 Å². The van der Waals surface area contributed by atoms with Crippen LogP contribution in [0.4, 0.5) is 0 Å². The van der Waals surface area contributed by atoms with Gasteiger partial charge in [-0.3, -0.25) is 4.79 Å². The highest BCUT2D eigenvalue weighted by Gasteiger charge is 2.12. The molecule has 0 saturated heterocycles. The number of primary amides is 1. The monoisotopic (exact) mass is 141 g/mol. The second-order valence-corrected chi connectivity index (χ2v) is 3.48. The molecule has 2 N–H and O–H groups in total. The molecule has 1 amide bonds. The minimum absolute atomic E-state index is 0.0506. The first-order valence-corrected chi connectivity index (χ1v) is 3.32. The third-order valence-corrected chi connectivity index (χ3v) is 1.54. The van der Waals surface area contributed by atoms with E-state index in [1.54, 1.807) is 0 Å². The molecule has 0 unspecified atom stereocenters. The lowest BCUT2D eigenvalue weighted by atomic mass is 9.87. The molecule has 0 fully saturated rings. The van der Waals surface area contributed by atoms with Gasteiger partial charge in [-0.15, -0.1) is 0 Å². The minimum Gasteiger partial charge on any atom is -0.366 e. The molecule has 0 aliphatic rings. The molecule has 0 aromatic heterocycles. The normalized spacial score (nSPS) is 13.4. The molecule has 0 rings (SSSR count). The van der Waals surface area contributed by atoms with Gasteiger partial charge in [-0.05, 0) is 12.3 Å². The summed E-state index contributed by atoms with van der Waals surface area (Å²) < 4.78 is 0. The van der Waals surface area contributed by atoms with E-state index in [4.69, 9.17) is 5.73 Å². The van der Waals surface area contributed by atoms with E-state index < -0.39 is 0 Å². The highest BCUT2D eigenvalue weighted by Crippen LogP contribution is 2.23. The summed E-state index contributed by atoms with van der Waals surface area (Å²) in [5, 5.41) is 0. The van der Waals surface area contributed by atoms with Crippen molar-refractivity contribution in [1.82, 2.24) is 0 Å². The third-order valence-electron chi connectivity index (χ3n) is 1.54. The predicted molar refractivity (Wildman–Crippen MR) is 42.4 cm³/mol. The summed E-state index contributed by atoms with van der Waals surface area (Å²) in [5.41, 5.74) is 6.04. The lowest BCUT2D eigenvalue weighted by Gasteiger charge is -2.18. The minimum atomic E-state index is -0.368. The second-order valence-electron chi connectivity index (χ2n) is 3.48. The van der Waals surface area contributed by atoms with Crippen LogP contribution in [0.25, 0.3) is 0 Å². The van der Waals surface area contributed by atoms with Crippen LogP contribution in [0.2, 0.25) is 0 Å². The van der Waals surface area contributed by atoms with Crippen molar-refractivity contribution in [2.45, 2.75) is 27.7 Å². The van der Waals surface area contributed by atoms with Gasteiger partial charge in [-0.1, -0.05) is 26.3 Å². The molecule has 0 aromatic carbocycles. The summed E-state index contributed by atoms with van der Waals surface area (Å²) in [6.45, 7) is 8.04. The number of allylic oxidation sites excluding steroid dienone is 1. The Morgan fingerprint density at radius 1 is 1.40 bits per heavy atom. The topological polar surface area (TPSA) is 43.1 Å². The van der Waals surface area contributed by atoms with Crippen LogP contribution < -0.4 is 5.73 Å². The Kier molecular flexibility index (Phi) is 2.64. The Labute approximate surface area is 62.1 Å². The summed E-state index contributed by atoms with van der Waals surface area (Å²) in [6, 6.07) is 0. The molecule has 2 heteroatoms. The van der Waals surface area contributed by atoms with Gasteiger partial charge >= 0.3 is 0 Å². The van der Waals surface area contributed by atoms with Crippen molar-refractivity contribution in [2.75, 3.05) is 0 Å². The van der Waals surface area contributed by atoms with Crippen molar-refractivity contribution < 1.29 is 4.79 Å². The lowest BCUT2D eigenvalue weighted by molar-refractivity contribution is -0.113. The molecule has 0 aromatic rings. The number of carbonyl (C=O) groups excluding carboxylic acids is 1. The van der Waals surface area contributed by atoms with Crippen molar-refractivity contribution in [2.24, 2.45) is 11.1 Å². The Hall–Kier alpha value is -0.790. The van der Waals surface area contributed by atoms with Crippen LogP contribution in [0.1, 0.15) is 27.7 Å². The average Bonchev–Trinajstić information content (AvgIpc) is 1.60. The molecular weight excluding hydrogens is 126 g/mol. The molecule has 0 spiro atoms. The summed E-state index contributed by atoms with van der Waals surface area (Å²) in [6.07, 6.45) is 1.47. The summed E-state index contributed by atoms with van der Waals surface area (Å²) in [4.78, 5) is 10.4. The molecule has 58 valence electrons. The Morgan fingerprint density at radius 2 is 1.80 bits per heavy atom. The van der Waals surface area contributed by atoms with Gasteiger partial charge < -0.3 is 5.73 Å². The van der Waals surface area contributed by atoms with Gasteiger partial charge in [0, 0.05) is 6.08 Å². The first kappa shape index (κ1) is 9.21. The van der Waals surface area contributed by atoms with E-state index in [2.05, 4.69) is 0 Å². The standard InChI is InChI=1S/C8H15NO/c1-6(5-7(9)10)8(2,3)4/h5H,1-4H3,(H2,9,10). The van der Waals surface area contributed by atoms with Crippen molar-refractivity contribution >= 4 is 5.91 Å². The maximum atomic E-state index is 10.4. The number of rotatable bonds is 1. The van der Waals surface area contributed by atoms with E-state index in [0.717, 1.165) is 5.57 Å². The second kappa shape index (κ2) is 2.86. The van der Waals surface area contributed by atoms with Gasteiger partial charge in [0.15, 0.2) is 0 Å². The molecule has 2 nitrogen and oxygen atoms in total. The van der Waals surface area contributed by atoms with E-state index in [0.29, 0.717) is 0 Å².